The van der Waals surface area contributed by atoms with Crippen molar-refractivity contribution in [3.63, 3.8) is 0 Å². The molecule has 1 aliphatic heterocycles. The quantitative estimate of drug-likeness (QED) is 0.809. The van der Waals surface area contributed by atoms with Crippen molar-refractivity contribution < 1.29 is 4.74 Å². The van der Waals surface area contributed by atoms with Gasteiger partial charge in [0, 0.05) is 53.9 Å². The van der Waals surface area contributed by atoms with Crippen LogP contribution in [0.3, 0.4) is 0 Å². The summed E-state index contributed by atoms with van der Waals surface area (Å²) >= 11 is 6.24. The van der Waals surface area contributed by atoms with Crippen LogP contribution in [0, 0.1) is 0 Å². The Morgan fingerprint density at radius 2 is 2.08 bits per heavy atom. The first-order chi connectivity index (χ1) is 12.4. The minimum atomic E-state index is 0.0596. The average molecular weight is 377 g/mol. The molecule has 142 valence electrons. The highest BCUT2D eigenvalue weighted by Crippen LogP contribution is 2.25. The number of hydrogen-bond acceptors (Lipinski definition) is 4. The molecule has 5 nitrogen and oxygen atoms in total. The summed E-state index contributed by atoms with van der Waals surface area (Å²) in [5, 5.41) is 11.8. The van der Waals surface area contributed by atoms with Crippen molar-refractivity contribution in [2.24, 2.45) is 0 Å². The van der Waals surface area contributed by atoms with Gasteiger partial charge in [0.05, 0.1) is 19.4 Å². The normalized spacial score (nSPS) is 17.4. The summed E-state index contributed by atoms with van der Waals surface area (Å²) < 4.78 is 5.53. The SMILES string of the molecule is CC(C)(C)c1[nH]ncc1CNCC(c1cccc(Cl)c1)N1CCOCC1. The van der Waals surface area contributed by atoms with Crippen LogP contribution in [0.5, 0.6) is 0 Å². The molecule has 2 aromatic rings. The second kappa shape index (κ2) is 8.53. The zero-order valence-corrected chi connectivity index (χ0v) is 16.6. The van der Waals surface area contributed by atoms with Gasteiger partial charge < -0.3 is 10.1 Å². The lowest BCUT2D eigenvalue weighted by Crippen LogP contribution is -2.42. The third-order valence-corrected chi connectivity index (χ3v) is 5.08. The van der Waals surface area contributed by atoms with E-state index in [4.69, 9.17) is 16.3 Å². The molecule has 1 aromatic heterocycles. The summed E-state index contributed by atoms with van der Waals surface area (Å²) in [5.74, 6) is 0. The van der Waals surface area contributed by atoms with Crippen molar-refractivity contribution in [2.75, 3.05) is 32.8 Å². The fraction of sp³-hybridized carbons (Fsp3) is 0.550. The Kier molecular flexibility index (Phi) is 6.35. The predicted molar refractivity (Wildman–Crippen MR) is 106 cm³/mol. The highest BCUT2D eigenvalue weighted by atomic mass is 35.5. The minimum absolute atomic E-state index is 0.0596. The zero-order chi connectivity index (χ0) is 18.6. The van der Waals surface area contributed by atoms with E-state index in [1.807, 2.05) is 18.3 Å². The summed E-state index contributed by atoms with van der Waals surface area (Å²) in [6.07, 6.45) is 1.93. The summed E-state index contributed by atoms with van der Waals surface area (Å²) in [5.41, 5.74) is 3.72. The van der Waals surface area contributed by atoms with Gasteiger partial charge in [-0.05, 0) is 17.7 Å². The van der Waals surface area contributed by atoms with Crippen molar-refractivity contribution in [3.05, 3.63) is 52.3 Å². The van der Waals surface area contributed by atoms with Gasteiger partial charge in [-0.3, -0.25) is 10.00 Å². The molecule has 0 amide bonds. The van der Waals surface area contributed by atoms with Crippen molar-refractivity contribution in [1.29, 1.82) is 0 Å². The maximum atomic E-state index is 6.24. The Bertz CT molecular complexity index is 704. The molecule has 0 saturated carbocycles. The van der Waals surface area contributed by atoms with Crippen LogP contribution in [-0.2, 0) is 16.7 Å². The summed E-state index contributed by atoms with van der Waals surface area (Å²) in [6.45, 7) is 11.7. The lowest BCUT2D eigenvalue weighted by molar-refractivity contribution is 0.0161. The lowest BCUT2D eigenvalue weighted by Gasteiger charge is -2.35. The molecule has 1 atom stereocenters. The molecular formula is C20H29ClN4O. The number of H-pyrrole nitrogens is 1. The standard InChI is InChI=1S/C20H29ClN4O/c1-20(2,3)19-16(13-23-24-19)12-22-14-18(25-7-9-26-10-8-25)15-5-4-6-17(21)11-15/h4-6,11,13,18,22H,7-10,12,14H2,1-3H3,(H,23,24). The molecule has 2 N–H and O–H groups in total. The Labute approximate surface area is 161 Å². The van der Waals surface area contributed by atoms with Crippen LogP contribution in [0.25, 0.3) is 0 Å². The third kappa shape index (κ3) is 4.86. The van der Waals surface area contributed by atoms with Crippen molar-refractivity contribution in [1.82, 2.24) is 20.4 Å². The second-order valence-corrected chi connectivity index (χ2v) is 8.31. The highest BCUT2D eigenvalue weighted by molar-refractivity contribution is 6.30. The number of ether oxygens (including phenoxy) is 1. The van der Waals surface area contributed by atoms with Gasteiger partial charge in [-0.1, -0.05) is 44.5 Å². The first-order valence-electron chi connectivity index (χ1n) is 9.26. The molecule has 1 fully saturated rings. The number of aromatic amines is 1. The highest BCUT2D eigenvalue weighted by Gasteiger charge is 2.24. The first-order valence-corrected chi connectivity index (χ1v) is 9.63. The maximum Gasteiger partial charge on any atom is 0.0594 e. The smallest absolute Gasteiger partial charge is 0.0594 e. The van der Waals surface area contributed by atoms with E-state index in [1.165, 1.54) is 16.8 Å². The van der Waals surface area contributed by atoms with Crippen molar-refractivity contribution >= 4 is 11.6 Å². The first kappa shape index (κ1) is 19.4. The van der Waals surface area contributed by atoms with E-state index in [1.54, 1.807) is 0 Å². The Morgan fingerprint density at radius 3 is 2.77 bits per heavy atom. The van der Waals surface area contributed by atoms with Gasteiger partial charge >= 0.3 is 0 Å². The molecule has 26 heavy (non-hydrogen) atoms. The van der Waals surface area contributed by atoms with Gasteiger partial charge in [-0.25, -0.2) is 0 Å². The number of aromatic nitrogens is 2. The molecule has 2 heterocycles. The van der Waals surface area contributed by atoms with E-state index in [0.717, 1.165) is 44.4 Å². The molecule has 1 saturated heterocycles. The van der Waals surface area contributed by atoms with E-state index in [0.29, 0.717) is 0 Å². The van der Waals surface area contributed by atoms with Crippen LogP contribution in [0.4, 0.5) is 0 Å². The predicted octanol–water partition coefficient (Wildman–Crippen LogP) is 3.52. The van der Waals surface area contributed by atoms with Gasteiger partial charge in [-0.2, -0.15) is 5.10 Å². The topological polar surface area (TPSA) is 53.2 Å². The third-order valence-electron chi connectivity index (χ3n) is 4.84. The van der Waals surface area contributed by atoms with Crippen LogP contribution in [-0.4, -0.2) is 47.9 Å². The molecular weight excluding hydrogens is 348 g/mol. The number of nitrogens with zero attached hydrogens (tertiary/aromatic N) is 2. The fourth-order valence-corrected chi connectivity index (χ4v) is 3.70. The van der Waals surface area contributed by atoms with Crippen molar-refractivity contribution in [2.45, 2.75) is 38.8 Å². The van der Waals surface area contributed by atoms with E-state index < -0.39 is 0 Å². The van der Waals surface area contributed by atoms with E-state index in [-0.39, 0.29) is 11.5 Å². The fourth-order valence-electron chi connectivity index (χ4n) is 3.50. The van der Waals surface area contributed by atoms with Crippen molar-refractivity contribution in [3.8, 4) is 0 Å². The maximum absolute atomic E-state index is 6.24. The largest absolute Gasteiger partial charge is 0.379 e. The molecule has 3 rings (SSSR count). The monoisotopic (exact) mass is 376 g/mol. The van der Waals surface area contributed by atoms with E-state index in [9.17, 15) is 0 Å². The van der Waals surface area contributed by atoms with Gasteiger partial charge in [-0.15, -0.1) is 0 Å². The van der Waals surface area contributed by atoms with Crippen LogP contribution in [0.15, 0.2) is 30.5 Å². The average Bonchev–Trinajstić information content (AvgIpc) is 3.08. The minimum Gasteiger partial charge on any atom is -0.379 e. The van der Waals surface area contributed by atoms with Gasteiger partial charge in [0.15, 0.2) is 0 Å². The Hall–Kier alpha value is -1.40. The summed E-state index contributed by atoms with van der Waals surface area (Å²) in [7, 11) is 0. The molecule has 0 spiro atoms. The molecule has 6 heteroatoms. The number of benzene rings is 1. The number of hydrogen-bond donors (Lipinski definition) is 2. The lowest BCUT2D eigenvalue weighted by atomic mass is 9.89. The Morgan fingerprint density at radius 1 is 1.31 bits per heavy atom. The summed E-state index contributed by atoms with van der Waals surface area (Å²) in [6, 6.07) is 8.46. The van der Waals surface area contributed by atoms with Crippen LogP contribution >= 0.6 is 11.6 Å². The van der Waals surface area contributed by atoms with Gasteiger partial charge in [0.25, 0.3) is 0 Å². The number of halogens is 1. The molecule has 0 radical (unpaired) electrons. The molecule has 1 aliphatic rings. The molecule has 0 aliphatic carbocycles. The number of nitrogens with one attached hydrogen (secondary N) is 2. The second-order valence-electron chi connectivity index (χ2n) is 7.87. The molecule has 1 unspecified atom stereocenters. The number of morpholine rings is 1. The van der Waals surface area contributed by atoms with Crippen LogP contribution < -0.4 is 5.32 Å². The molecule has 1 aromatic carbocycles. The van der Waals surface area contributed by atoms with Crippen LogP contribution in [0.1, 0.15) is 43.6 Å². The Balaban J connectivity index is 1.69. The van der Waals surface area contributed by atoms with Gasteiger partial charge in [0.1, 0.15) is 0 Å². The zero-order valence-electron chi connectivity index (χ0n) is 15.9. The molecule has 0 bridgehead atoms. The summed E-state index contributed by atoms with van der Waals surface area (Å²) in [4.78, 5) is 2.47. The number of rotatable bonds is 6. The van der Waals surface area contributed by atoms with Crippen LogP contribution in [0.2, 0.25) is 5.02 Å². The van der Waals surface area contributed by atoms with E-state index in [2.05, 4.69) is 53.3 Å². The van der Waals surface area contributed by atoms with E-state index >= 15 is 0 Å². The van der Waals surface area contributed by atoms with Gasteiger partial charge in [0.2, 0.25) is 0 Å².